The zero-order chi connectivity index (χ0) is 13.3. The normalized spacial score (nSPS) is 10.6. The SMILES string of the molecule is CCn1c(C(=O)O)ccc1-c1ccc(Br)cc1C. The third-order valence-electron chi connectivity index (χ3n) is 2.98. The Morgan fingerprint density at radius 2 is 2.06 bits per heavy atom. The quantitative estimate of drug-likeness (QED) is 0.933. The molecule has 0 aliphatic heterocycles. The molecule has 1 aromatic heterocycles. The maximum atomic E-state index is 11.1. The van der Waals surface area contributed by atoms with Crippen LogP contribution in [0.5, 0.6) is 0 Å². The molecule has 0 aliphatic rings. The number of hydrogen-bond donors (Lipinski definition) is 1. The third kappa shape index (κ3) is 2.20. The second kappa shape index (κ2) is 4.98. The lowest BCUT2D eigenvalue weighted by Gasteiger charge is -2.11. The van der Waals surface area contributed by atoms with Crippen molar-refractivity contribution in [2.75, 3.05) is 0 Å². The molecule has 0 atom stereocenters. The molecule has 0 bridgehead atoms. The maximum absolute atomic E-state index is 11.1. The fraction of sp³-hybridized carbons (Fsp3) is 0.214. The summed E-state index contributed by atoms with van der Waals surface area (Å²) < 4.78 is 2.84. The molecule has 18 heavy (non-hydrogen) atoms. The molecule has 3 nitrogen and oxygen atoms in total. The molecule has 1 heterocycles. The van der Waals surface area contributed by atoms with Gasteiger partial charge in [-0.25, -0.2) is 4.79 Å². The van der Waals surface area contributed by atoms with E-state index in [0.29, 0.717) is 12.2 Å². The van der Waals surface area contributed by atoms with Crippen molar-refractivity contribution < 1.29 is 9.90 Å². The summed E-state index contributed by atoms with van der Waals surface area (Å²) in [6.45, 7) is 4.61. The number of rotatable bonds is 3. The lowest BCUT2D eigenvalue weighted by Crippen LogP contribution is -2.08. The van der Waals surface area contributed by atoms with Crippen LogP contribution in [0, 0.1) is 6.92 Å². The van der Waals surface area contributed by atoms with Crippen LogP contribution in [-0.2, 0) is 6.54 Å². The predicted octanol–water partition coefficient (Wildman–Crippen LogP) is 3.94. The number of carboxylic acids is 1. The van der Waals surface area contributed by atoms with Crippen LogP contribution in [0.2, 0.25) is 0 Å². The van der Waals surface area contributed by atoms with Crippen LogP contribution in [0.3, 0.4) is 0 Å². The highest BCUT2D eigenvalue weighted by atomic mass is 79.9. The summed E-state index contributed by atoms with van der Waals surface area (Å²) in [5.74, 6) is -0.891. The average Bonchev–Trinajstić information content (AvgIpc) is 2.72. The Hall–Kier alpha value is -1.55. The largest absolute Gasteiger partial charge is 0.477 e. The van der Waals surface area contributed by atoms with Crippen molar-refractivity contribution in [2.24, 2.45) is 0 Å². The van der Waals surface area contributed by atoms with E-state index in [0.717, 1.165) is 21.3 Å². The molecule has 0 aliphatic carbocycles. The van der Waals surface area contributed by atoms with Gasteiger partial charge in [-0.05, 0) is 43.7 Å². The molecular formula is C14H14BrNO2. The smallest absolute Gasteiger partial charge is 0.352 e. The lowest BCUT2D eigenvalue weighted by atomic mass is 10.1. The van der Waals surface area contributed by atoms with Crippen molar-refractivity contribution in [3.05, 3.63) is 46.1 Å². The summed E-state index contributed by atoms with van der Waals surface area (Å²) in [5, 5.41) is 9.14. The van der Waals surface area contributed by atoms with E-state index in [1.54, 1.807) is 6.07 Å². The summed E-state index contributed by atoms with van der Waals surface area (Å²) in [7, 11) is 0. The number of benzene rings is 1. The molecule has 0 radical (unpaired) electrons. The first-order valence-electron chi connectivity index (χ1n) is 5.74. The minimum absolute atomic E-state index is 0.329. The van der Waals surface area contributed by atoms with Crippen LogP contribution in [0.1, 0.15) is 23.0 Å². The van der Waals surface area contributed by atoms with Gasteiger partial charge in [0.2, 0.25) is 0 Å². The molecule has 1 aromatic carbocycles. The molecule has 2 rings (SSSR count). The molecule has 2 aromatic rings. The van der Waals surface area contributed by atoms with Gasteiger partial charge in [-0.15, -0.1) is 0 Å². The first-order valence-corrected chi connectivity index (χ1v) is 6.53. The number of aryl methyl sites for hydroxylation is 1. The average molecular weight is 308 g/mol. The number of aromatic carboxylic acids is 1. The van der Waals surface area contributed by atoms with Gasteiger partial charge in [-0.1, -0.05) is 22.0 Å². The van der Waals surface area contributed by atoms with E-state index < -0.39 is 5.97 Å². The van der Waals surface area contributed by atoms with E-state index in [9.17, 15) is 4.79 Å². The van der Waals surface area contributed by atoms with Gasteiger partial charge in [-0.3, -0.25) is 0 Å². The summed E-state index contributed by atoms with van der Waals surface area (Å²) in [6.07, 6.45) is 0. The highest BCUT2D eigenvalue weighted by Crippen LogP contribution is 2.28. The highest BCUT2D eigenvalue weighted by Gasteiger charge is 2.15. The van der Waals surface area contributed by atoms with Gasteiger partial charge in [-0.2, -0.15) is 0 Å². The van der Waals surface area contributed by atoms with Crippen molar-refractivity contribution in [1.29, 1.82) is 0 Å². The van der Waals surface area contributed by atoms with E-state index in [-0.39, 0.29) is 0 Å². The number of carbonyl (C=O) groups is 1. The summed E-state index contributed by atoms with van der Waals surface area (Å²) in [5.41, 5.74) is 3.45. The van der Waals surface area contributed by atoms with Crippen molar-refractivity contribution in [3.63, 3.8) is 0 Å². The topological polar surface area (TPSA) is 42.2 Å². The Bertz CT molecular complexity index is 602. The summed E-state index contributed by atoms with van der Waals surface area (Å²) in [6, 6.07) is 9.52. The molecule has 0 fully saturated rings. The van der Waals surface area contributed by atoms with Crippen molar-refractivity contribution in [1.82, 2.24) is 4.57 Å². The molecule has 1 N–H and O–H groups in total. The van der Waals surface area contributed by atoms with E-state index >= 15 is 0 Å². The number of carboxylic acid groups (broad SMARTS) is 1. The number of aromatic nitrogens is 1. The molecule has 4 heteroatoms. The zero-order valence-corrected chi connectivity index (χ0v) is 11.9. The second-order valence-corrected chi connectivity index (χ2v) is 5.03. The first kappa shape index (κ1) is 12.9. The van der Waals surface area contributed by atoms with Crippen LogP contribution in [-0.4, -0.2) is 15.6 Å². The van der Waals surface area contributed by atoms with E-state index in [1.807, 2.05) is 42.7 Å². The summed E-state index contributed by atoms with van der Waals surface area (Å²) in [4.78, 5) is 11.1. The van der Waals surface area contributed by atoms with E-state index in [4.69, 9.17) is 5.11 Å². The van der Waals surface area contributed by atoms with E-state index in [2.05, 4.69) is 15.9 Å². The van der Waals surface area contributed by atoms with Gasteiger partial charge in [0.05, 0.1) is 0 Å². The van der Waals surface area contributed by atoms with Gasteiger partial charge in [0, 0.05) is 22.3 Å². The Kier molecular flexibility index (Phi) is 3.57. The van der Waals surface area contributed by atoms with Gasteiger partial charge < -0.3 is 9.67 Å². The minimum atomic E-state index is -0.891. The fourth-order valence-electron chi connectivity index (χ4n) is 2.14. The molecule has 0 saturated carbocycles. The highest BCUT2D eigenvalue weighted by molar-refractivity contribution is 9.10. The number of halogens is 1. The van der Waals surface area contributed by atoms with Gasteiger partial charge in [0.15, 0.2) is 0 Å². The molecular weight excluding hydrogens is 294 g/mol. The molecule has 0 spiro atoms. The van der Waals surface area contributed by atoms with Crippen LogP contribution >= 0.6 is 15.9 Å². The standard InChI is InChI=1S/C14H14BrNO2/c1-3-16-12(6-7-13(16)14(17)18)11-5-4-10(15)8-9(11)2/h4-8H,3H2,1-2H3,(H,17,18). The van der Waals surface area contributed by atoms with Gasteiger partial charge >= 0.3 is 5.97 Å². The van der Waals surface area contributed by atoms with E-state index in [1.165, 1.54) is 0 Å². The lowest BCUT2D eigenvalue weighted by molar-refractivity contribution is 0.0685. The fourth-order valence-corrected chi connectivity index (χ4v) is 2.62. The Morgan fingerprint density at radius 1 is 1.33 bits per heavy atom. The number of hydrogen-bond acceptors (Lipinski definition) is 1. The van der Waals surface area contributed by atoms with Crippen molar-refractivity contribution in [2.45, 2.75) is 20.4 Å². The van der Waals surface area contributed by atoms with Crippen LogP contribution in [0.4, 0.5) is 0 Å². The van der Waals surface area contributed by atoms with Gasteiger partial charge in [0.25, 0.3) is 0 Å². The number of nitrogens with zero attached hydrogens (tertiary/aromatic N) is 1. The van der Waals surface area contributed by atoms with Gasteiger partial charge in [0.1, 0.15) is 5.69 Å². The van der Waals surface area contributed by atoms with Crippen molar-refractivity contribution in [3.8, 4) is 11.3 Å². The maximum Gasteiger partial charge on any atom is 0.352 e. The summed E-state index contributed by atoms with van der Waals surface area (Å²) >= 11 is 3.43. The van der Waals surface area contributed by atoms with Crippen molar-refractivity contribution >= 4 is 21.9 Å². The van der Waals surface area contributed by atoms with Crippen LogP contribution in [0.25, 0.3) is 11.3 Å². The Morgan fingerprint density at radius 3 is 2.61 bits per heavy atom. The molecule has 0 amide bonds. The Balaban J connectivity index is 2.60. The molecule has 0 unspecified atom stereocenters. The predicted molar refractivity (Wildman–Crippen MR) is 74.9 cm³/mol. The van der Waals surface area contributed by atoms with Crippen LogP contribution < -0.4 is 0 Å². The molecule has 94 valence electrons. The third-order valence-corrected chi connectivity index (χ3v) is 3.47. The minimum Gasteiger partial charge on any atom is -0.477 e. The zero-order valence-electron chi connectivity index (χ0n) is 10.3. The monoisotopic (exact) mass is 307 g/mol. The second-order valence-electron chi connectivity index (χ2n) is 4.11. The molecule has 0 saturated heterocycles. The Labute approximate surface area is 114 Å². The first-order chi connectivity index (χ1) is 8.54. The van der Waals surface area contributed by atoms with Crippen LogP contribution in [0.15, 0.2) is 34.8 Å².